The molecule has 0 saturated carbocycles. The molecule has 3 nitrogen and oxygen atoms in total. The molecule has 1 aromatic carbocycles. The Bertz CT molecular complexity index is 415. The summed E-state index contributed by atoms with van der Waals surface area (Å²) in [6.45, 7) is 4.93. The molecule has 0 aromatic heterocycles. The van der Waals surface area contributed by atoms with Gasteiger partial charge in [-0.05, 0) is 43.3 Å². The first-order valence-corrected chi connectivity index (χ1v) is 6.76. The Morgan fingerprint density at radius 2 is 2.00 bits per heavy atom. The van der Waals surface area contributed by atoms with E-state index < -0.39 is 0 Å². The molecule has 2 N–H and O–H groups in total. The van der Waals surface area contributed by atoms with Crippen LogP contribution >= 0.6 is 23.8 Å². The van der Waals surface area contributed by atoms with E-state index in [0.29, 0.717) is 5.11 Å². The second-order valence-electron chi connectivity index (χ2n) is 3.93. The molecule has 0 amide bonds. The molecule has 0 aliphatic heterocycles. The molecular weight excluding hydrogens is 266 g/mol. The van der Waals surface area contributed by atoms with Crippen LogP contribution < -0.4 is 10.7 Å². The Hall–Kier alpha value is -1.13. The number of nitrogens with zero attached hydrogens (tertiary/aromatic N) is 1. The highest BCUT2D eigenvalue weighted by molar-refractivity contribution is 7.80. The van der Waals surface area contributed by atoms with Crippen molar-refractivity contribution in [3.8, 4) is 0 Å². The zero-order valence-electron chi connectivity index (χ0n) is 10.7. The summed E-state index contributed by atoms with van der Waals surface area (Å²) in [6, 6.07) is 7.54. The Labute approximate surface area is 119 Å². The zero-order chi connectivity index (χ0) is 13.4. The van der Waals surface area contributed by atoms with Crippen LogP contribution in [0.1, 0.15) is 32.3 Å². The van der Waals surface area contributed by atoms with Gasteiger partial charge in [-0.15, -0.1) is 0 Å². The van der Waals surface area contributed by atoms with Crippen molar-refractivity contribution in [2.45, 2.75) is 26.7 Å². The van der Waals surface area contributed by atoms with Gasteiger partial charge in [0.05, 0.1) is 5.71 Å². The fraction of sp³-hybridized carbons (Fsp3) is 0.385. The molecular formula is C13H18ClN3S. The molecule has 0 spiro atoms. The third kappa shape index (κ3) is 5.47. The Morgan fingerprint density at radius 3 is 2.61 bits per heavy atom. The summed E-state index contributed by atoms with van der Waals surface area (Å²) in [5.74, 6) is 0. The molecule has 0 saturated heterocycles. The SMILES string of the molecule is CCCCNC(=S)NN=C(C)c1ccc(Cl)cc1. The zero-order valence-corrected chi connectivity index (χ0v) is 12.2. The minimum absolute atomic E-state index is 0.553. The highest BCUT2D eigenvalue weighted by atomic mass is 35.5. The van der Waals surface area contributed by atoms with Crippen LogP contribution in [0.5, 0.6) is 0 Å². The summed E-state index contributed by atoms with van der Waals surface area (Å²) >= 11 is 10.9. The number of hydrogen-bond acceptors (Lipinski definition) is 2. The molecule has 0 fully saturated rings. The van der Waals surface area contributed by atoms with E-state index >= 15 is 0 Å². The molecule has 0 unspecified atom stereocenters. The maximum absolute atomic E-state index is 5.83. The molecule has 5 heteroatoms. The summed E-state index contributed by atoms with van der Waals surface area (Å²) in [7, 11) is 0. The van der Waals surface area contributed by atoms with Crippen molar-refractivity contribution >= 4 is 34.6 Å². The molecule has 0 atom stereocenters. The summed E-state index contributed by atoms with van der Waals surface area (Å²) in [4.78, 5) is 0. The minimum Gasteiger partial charge on any atom is -0.361 e. The number of unbranched alkanes of at least 4 members (excludes halogenated alkanes) is 1. The Balaban J connectivity index is 2.46. The minimum atomic E-state index is 0.553. The molecule has 0 aliphatic rings. The van der Waals surface area contributed by atoms with Gasteiger partial charge in [0.15, 0.2) is 5.11 Å². The molecule has 0 heterocycles. The van der Waals surface area contributed by atoms with Gasteiger partial charge in [0, 0.05) is 11.6 Å². The average Bonchev–Trinajstić information content (AvgIpc) is 2.37. The number of nitrogens with one attached hydrogen (secondary N) is 2. The summed E-state index contributed by atoms with van der Waals surface area (Å²) < 4.78 is 0. The van der Waals surface area contributed by atoms with Crippen LogP contribution in [0.4, 0.5) is 0 Å². The van der Waals surface area contributed by atoms with Gasteiger partial charge in [0.1, 0.15) is 0 Å². The van der Waals surface area contributed by atoms with Gasteiger partial charge in [0.2, 0.25) is 0 Å². The third-order valence-corrected chi connectivity index (χ3v) is 2.89. The van der Waals surface area contributed by atoms with Crippen LogP contribution in [0.25, 0.3) is 0 Å². The van der Waals surface area contributed by atoms with Crippen molar-refractivity contribution in [2.75, 3.05) is 6.54 Å². The predicted octanol–water partition coefficient (Wildman–Crippen LogP) is 3.33. The first-order valence-electron chi connectivity index (χ1n) is 5.97. The van der Waals surface area contributed by atoms with Crippen LogP contribution in [0.15, 0.2) is 29.4 Å². The van der Waals surface area contributed by atoms with Gasteiger partial charge in [0.25, 0.3) is 0 Å². The standard InChI is InChI=1S/C13H18ClN3S/c1-3-4-9-15-13(18)17-16-10(2)11-5-7-12(14)8-6-11/h5-8H,3-4,9H2,1-2H3,(H2,15,17,18). The fourth-order valence-corrected chi connectivity index (χ4v) is 1.58. The summed E-state index contributed by atoms with van der Waals surface area (Å²) in [6.07, 6.45) is 2.24. The molecule has 0 radical (unpaired) electrons. The highest BCUT2D eigenvalue weighted by Gasteiger charge is 1.98. The van der Waals surface area contributed by atoms with E-state index in [9.17, 15) is 0 Å². The van der Waals surface area contributed by atoms with Crippen LogP contribution in [-0.2, 0) is 0 Å². The van der Waals surface area contributed by atoms with Crippen molar-refractivity contribution in [3.63, 3.8) is 0 Å². The number of benzene rings is 1. The molecule has 1 aromatic rings. The van der Waals surface area contributed by atoms with Gasteiger partial charge in [-0.3, -0.25) is 5.43 Å². The fourth-order valence-electron chi connectivity index (χ4n) is 1.31. The summed E-state index contributed by atoms with van der Waals surface area (Å²) in [5, 5.41) is 8.59. The largest absolute Gasteiger partial charge is 0.361 e. The molecule has 0 bridgehead atoms. The van der Waals surface area contributed by atoms with E-state index in [-0.39, 0.29) is 0 Å². The van der Waals surface area contributed by atoms with Gasteiger partial charge >= 0.3 is 0 Å². The number of rotatable bonds is 5. The Kier molecular flexibility index (Phi) is 6.68. The second-order valence-corrected chi connectivity index (χ2v) is 4.77. The lowest BCUT2D eigenvalue weighted by Gasteiger charge is -2.07. The van der Waals surface area contributed by atoms with Gasteiger partial charge in [-0.2, -0.15) is 5.10 Å². The molecule has 1 rings (SSSR count). The number of thiocarbonyl (C=S) groups is 1. The van der Waals surface area contributed by atoms with E-state index in [1.54, 1.807) is 0 Å². The lowest BCUT2D eigenvalue weighted by molar-refractivity contribution is 0.745. The van der Waals surface area contributed by atoms with Crippen molar-refractivity contribution in [1.29, 1.82) is 0 Å². The smallest absolute Gasteiger partial charge is 0.186 e. The number of hydrogen-bond donors (Lipinski definition) is 2. The maximum Gasteiger partial charge on any atom is 0.186 e. The molecule has 18 heavy (non-hydrogen) atoms. The first-order chi connectivity index (χ1) is 8.63. The number of halogens is 1. The molecule has 0 aliphatic carbocycles. The van der Waals surface area contributed by atoms with Crippen molar-refractivity contribution < 1.29 is 0 Å². The van der Waals surface area contributed by atoms with Crippen molar-refractivity contribution in [1.82, 2.24) is 10.7 Å². The Morgan fingerprint density at radius 1 is 1.33 bits per heavy atom. The van der Waals surface area contributed by atoms with E-state index in [2.05, 4.69) is 22.8 Å². The highest BCUT2D eigenvalue weighted by Crippen LogP contribution is 2.09. The van der Waals surface area contributed by atoms with E-state index in [0.717, 1.165) is 35.7 Å². The summed E-state index contributed by atoms with van der Waals surface area (Å²) in [5.41, 5.74) is 4.71. The first kappa shape index (κ1) is 14.9. The number of hydrazone groups is 1. The predicted molar refractivity (Wildman–Crippen MR) is 82.3 cm³/mol. The van der Waals surface area contributed by atoms with Crippen LogP contribution in [0.2, 0.25) is 5.02 Å². The van der Waals surface area contributed by atoms with Crippen LogP contribution in [0.3, 0.4) is 0 Å². The monoisotopic (exact) mass is 283 g/mol. The third-order valence-electron chi connectivity index (χ3n) is 2.40. The van der Waals surface area contributed by atoms with Crippen LogP contribution in [-0.4, -0.2) is 17.4 Å². The van der Waals surface area contributed by atoms with Crippen molar-refractivity contribution in [3.05, 3.63) is 34.9 Å². The van der Waals surface area contributed by atoms with E-state index in [1.807, 2.05) is 31.2 Å². The normalized spacial score (nSPS) is 11.2. The van der Waals surface area contributed by atoms with Gasteiger partial charge < -0.3 is 5.32 Å². The van der Waals surface area contributed by atoms with Crippen molar-refractivity contribution in [2.24, 2.45) is 5.10 Å². The van der Waals surface area contributed by atoms with Crippen LogP contribution in [0, 0.1) is 0 Å². The van der Waals surface area contributed by atoms with Gasteiger partial charge in [-0.25, -0.2) is 0 Å². The lowest BCUT2D eigenvalue weighted by Crippen LogP contribution is -2.33. The second kappa shape index (κ2) is 8.06. The average molecular weight is 284 g/mol. The molecule has 98 valence electrons. The van der Waals surface area contributed by atoms with E-state index in [1.165, 1.54) is 0 Å². The quantitative estimate of drug-likeness (QED) is 0.377. The van der Waals surface area contributed by atoms with E-state index in [4.69, 9.17) is 23.8 Å². The van der Waals surface area contributed by atoms with Gasteiger partial charge in [-0.1, -0.05) is 37.1 Å². The lowest BCUT2D eigenvalue weighted by atomic mass is 10.1. The maximum atomic E-state index is 5.83. The topological polar surface area (TPSA) is 36.4 Å².